The van der Waals surface area contributed by atoms with E-state index in [2.05, 4.69) is 11.9 Å². The minimum atomic E-state index is -0.159. The second-order valence-electron chi connectivity index (χ2n) is 7.67. The van der Waals surface area contributed by atoms with Crippen molar-refractivity contribution in [3.8, 4) is 5.75 Å². The van der Waals surface area contributed by atoms with Crippen LogP contribution in [-0.2, 0) is 4.79 Å². The Kier molecular flexibility index (Phi) is 6.62. The number of hydrogen-bond donors (Lipinski definition) is 0. The summed E-state index contributed by atoms with van der Waals surface area (Å²) in [6, 6.07) is 1.55. The molecular formula is C20H27Cl2NO2. The summed E-state index contributed by atoms with van der Waals surface area (Å²) in [4.78, 5) is 16.3. The van der Waals surface area contributed by atoms with Gasteiger partial charge in [-0.2, -0.15) is 0 Å². The van der Waals surface area contributed by atoms with Gasteiger partial charge >= 0.3 is 5.97 Å². The van der Waals surface area contributed by atoms with Crippen LogP contribution in [0.5, 0.6) is 5.75 Å². The lowest BCUT2D eigenvalue weighted by atomic mass is 9.69. The smallest absolute Gasteiger partial charge is 0.314 e. The highest BCUT2D eigenvalue weighted by Gasteiger charge is 2.33. The molecule has 2 fully saturated rings. The first-order chi connectivity index (χ1) is 12.1. The van der Waals surface area contributed by atoms with Gasteiger partial charge in [-0.05, 0) is 56.3 Å². The van der Waals surface area contributed by atoms with E-state index in [1.54, 1.807) is 6.07 Å². The molecule has 0 spiro atoms. The third kappa shape index (κ3) is 4.89. The molecule has 2 aliphatic rings. The van der Waals surface area contributed by atoms with E-state index in [9.17, 15) is 4.79 Å². The fraction of sp³-hybridized carbons (Fsp3) is 0.700. The van der Waals surface area contributed by atoms with Crippen molar-refractivity contribution in [1.29, 1.82) is 0 Å². The molecule has 0 bridgehead atoms. The summed E-state index contributed by atoms with van der Waals surface area (Å²) in [5.74, 6) is 2.83. The highest BCUT2D eigenvalue weighted by atomic mass is 35.5. The van der Waals surface area contributed by atoms with E-state index in [0.717, 1.165) is 43.4 Å². The van der Waals surface area contributed by atoms with Crippen LogP contribution in [0.2, 0.25) is 10.2 Å². The SMILES string of the molecule is CC[C@H]1CC[C@H](C2CCC(C(=O)Oc3cnc(Cl)c(Cl)c3)CC2)CC1. The van der Waals surface area contributed by atoms with Crippen LogP contribution in [0, 0.1) is 23.7 Å². The lowest BCUT2D eigenvalue weighted by Crippen LogP contribution is -2.30. The third-order valence-corrected chi connectivity index (χ3v) is 6.92. The number of carbonyl (C=O) groups is 1. The summed E-state index contributed by atoms with van der Waals surface area (Å²) in [5, 5.41) is 0.526. The Labute approximate surface area is 160 Å². The summed E-state index contributed by atoms with van der Waals surface area (Å²) in [5.41, 5.74) is 0. The molecule has 5 heteroatoms. The van der Waals surface area contributed by atoms with Crippen molar-refractivity contribution in [3.63, 3.8) is 0 Å². The minimum Gasteiger partial charge on any atom is -0.425 e. The number of ether oxygens (including phenoxy) is 1. The van der Waals surface area contributed by atoms with Crippen molar-refractivity contribution < 1.29 is 9.53 Å². The quantitative estimate of drug-likeness (QED) is 0.451. The van der Waals surface area contributed by atoms with Gasteiger partial charge in [0.25, 0.3) is 0 Å². The Morgan fingerprint density at radius 1 is 1.08 bits per heavy atom. The first-order valence-electron chi connectivity index (χ1n) is 9.59. The molecule has 25 heavy (non-hydrogen) atoms. The summed E-state index contributed by atoms with van der Waals surface area (Å²) < 4.78 is 5.45. The molecule has 0 aromatic carbocycles. The summed E-state index contributed by atoms with van der Waals surface area (Å²) >= 11 is 11.7. The highest BCUT2D eigenvalue weighted by molar-refractivity contribution is 6.41. The maximum Gasteiger partial charge on any atom is 0.314 e. The first kappa shape index (κ1) is 19.0. The fourth-order valence-electron chi connectivity index (χ4n) is 4.55. The molecule has 138 valence electrons. The zero-order valence-corrected chi connectivity index (χ0v) is 16.4. The van der Waals surface area contributed by atoms with Crippen molar-refractivity contribution >= 4 is 29.2 Å². The van der Waals surface area contributed by atoms with Gasteiger partial charge in [-0.3, -0.25) is 4.79 Å². The predicted octanol–water partition coefficient (Wildman–Crippen LogP) is 6.32. The average molecular weight is 384 g/mol. The van der Waals surface area contributed by atoms with Crippen molar-refractivity contribution in [1.82, 2.24) is 4.98 Å². The summed E-state index contributed by atoms with van der Waals surface area (Å²) in [7, 11) is 0. The lowest BCUT2D eigenvalue weighted by Gasteiger charge is -2.37. The monoisotopic (exact) mass is 383 g/mol. The number of esters is 1. The van der Waals surface area contributed by atoms with Gasteiger partial charge in [0, 0.05) is 6.07 Å². The maximum absolute atomic E-state index is 12.4. The van der Waals surface area contributed by atoms with Crippen LogP contribution < -0.4 is 4.74 Å². The maximum atomic E-state index is 12.4. The van der Waals surface area contributed by atoms with E-state index in [1.165, 1.54) is 38.3 Å². The Morgan fingerprint density at radius 2 is 1.68 bits per heavy atom. The van der Waals surface area contributed by atoms with Gasteiger partial charge < -0.3 is 4.74 Å². The number of aromatic nitrogens is 1. The van der Waals surface area contributed by atoms with Gasteiger partial charge in [-0.1, -0.05) is 49.4 Å². The molecule has 0 aliphatic heterocycles. The van der Waals surface area contributed by atoms with Gasteiger partial charge in [0.2, 0.25) is 0 Å². The summed E-state index contributed by atoms with van der Waals surface area (Å²) in [6.45, 7) is 2.31. The van der Waals surface area contributed by atoms with Crippen LogP contribution in [0.25, 0.3) is 0 Å². The van der Waals surface area contributed by atoms with Gasteiger partial charge in [0.05, 0.1) is 17.1 Å². The second-order valence-corrected chi connectivity index (χ2v) is 8.43. The van der Waals surface area contributed by atoms with Crippen LogP contribution in [0.4, 0.5) is 0 Å². The molecule has 3 rings (SSSR count). The minimum absolute atomic E-state index is 0.00214. The number of pyridine rings is 1. The molecule has 0 saturated heterocycles. The highest BCUT2D eigenvalue weighted by Crippen LogP contribution is 2.42. The zero-order chi connectivity index (χ0) is 17.8. The van der Waals surface area contributed by atoms with E-state index < -0.39 is 0 Å². The third-order valence-electron chi connectivity index (χ3n) is 6.23. The molecule has 2 saturated carbocycles. The zero-order valence-electron chi connectivity index (χ0n) is 14.8. The molecule has 0 amide bonds. The van der Waals surface area contributed by atoms with E-state index in [1.807, 2.05) is 0 Å². The molecule has 0 N–H and O–H groups in total. The lowest BCUT2D eigenvalue weighted by molar-refractivity contribution is -0.140. The molecule has 0 atom stereocenters. The number of halogens is 2. The number of rotatable bonds is 4. The van der Waals surface area contributed by atoms with E-state index in [-0.39, 0.29) is 17.0 Å². The normalized spacial score (nSPS) is 30.0. The molecule has 3 nitrogen and oxygen atoms in total. The standard InChI is InChI=1S/C20H27Cl2NO2/c1-2-13-3-5-14(6-4-13)15-7-9-16(10-8-15)20(24)25-17-11-18(21)19(22)23-12-17/h11-16H,2-10H2,1H3/t13-,14-,15?,16?. The van der Waals surface area contributed by atoms with Gasteiger partial charge in [0.1, 0.15) is 5.15 Å². The number of hydrogen-bond acceptors (Lipinski definition) is 3. The molecule has 2 aliphatic carbocycles. The first-order valence-corrected chi connectivity index (χ1v) is 10.3. The molecule has 1 aromatic rings. The van der Waals surface area contributed by atoms with Crippen molar-refractivity contribution in [2.45, 2.75) is 64.7 Å². The largest absolute Gasteiger partial charge is 0.425 e. The van der Waals surface area contributed by atoms with E-state index >= 15 is 0 Å². The van der Waals surface area contributed by atoms with E-state index in [4.69, 9.17) is 27.9 Å². The Bertz CT molecular complexity index is 591. The number of carbonyl (C=O) groups excluding carboxylic acids is 1. The van der Waals surface area contributed by atoms with Crippen LogP contribution in [0.3, 0.4) is 0 Å². The average Bonchev–Trinajstić information content (AvgIpc) is 2.65. The van der Waals surface area contributed by atoms with Crippen LogP contribution >= 0.6 is 23.2 Å². The molecule has 1 aromatic heterocycles. The fourth-order valence-corrected chi connectivity index (χ4v) is 4.81. The van der Waals surface area contributed by atoms with Crippen LogP contribution in [-0.4, -0.2) is 11.0 Å². The predicted molar refractivity (Wildman–Crippen MR) is 101 cm³/mol. The van der Waals surface area contributed by atoms with Crippen molar-refractivity contribution in [3.05, 3.63) is 22.4 Å². The van der Waals surface area contributed by atoms with Crippen molar-refractivity contribution in [2.24, 2.45) is 23.7 Å². The molecule has 0 unspecified atom stereocenters. The molecule has 1 heterocycles. The van der Waals surface area contributed by atoms with Gasteiger partial charge in [-0.25, -0.2) is 4.98 Å². The summed E-state index contributed by atoms with van der Waals surface area (Å²) in [6.07, 6.45) is 12.5. The molecule has 0 radical (unpaired) electrons. The number of nitrogens with zero attached hydrogens (tertiary/aromatic N) is 1. The van der Waals surface area contributed by atoms with Gasteiger partial charge in [-0.15, -0.1) is 0 Å². The second kappa shape index (κ2) is 8.73. The topological polar surface area (TPSA) is 39.2 Å². The molecular weight excluding hydrogens is 357 g/mol. The van der Waals surface area contributed by atoms with Crippen LogP contribution in [0.1, 0.15) is 64.7 Å². The van der Waals surface area contributed by atoms with Gasteiger partial charge in [0.15, 0.2) is 5.75 Å². The van der Waals surface area contributed by atoms with Crippen molar-refractivity contribution in [2.75, 3.05) is 0 Å². The Morgan fingerprint density at radius 3 is 2.24 bits per heavy atom. The Hall–Kier alpha value is -0.800. The van der Waals surface area contributed by atoms with Crippen LogP contribution in [0.15, 0.2) is 12.3 Å². The van der Waals surface area contributed by atoms with E-state index in [0.29, 0.717) is 10.8 Å². The Balaban J connectivity index is 1.47.